The summed E-state index contributed by atoms with van der Waals surface area (Å²) in [5.41, 5.74) is 1.96. The first-order valence-electron chi connectivity index (χ1n) is 7.46. The van der Waals surface area contributed by atoms with Crippen LogP contribution < -0.4 is 5.32 Å². The van der Waals surface area contributed by atoms with Gasteiger partial charge in [0.2, 0.25) is 11.8 Å². The van der Waals surface area contributed by atoms with E-state index < -0.39 is 6.04 Å². The molecule has 2 rings (SSSR count). The number of carbonyl (C=O) groups is 2. The van der Waals surface area contributed by atoms with E-state index in [0.29, 0.717) is 31.8 Å². The monoisotopic (exact) mass is 289 g/mol. The van der Waals surface area contributed by atoms with Gasteiger partial charge in [0.15, 0.2) is 0 Å². The van der Waals surface area contributed by atoms with Crippen LogP contribution in [0.1, 0.15) is 37.9 Å². The number of carbonyl (C=O) groups excluding carboxylic acids is 2. The number of hydrogen-bond donors (Lipinski definition) is 1. The van der Waals surface area contributed by atoms with Gasteiger partial charge in [-0.3, -0.25) is 14.6 Å². The zero-order valence-corrected chi connectivity index (χ0v) is 12.9. The lowest BCUT2D eigenvalue weighted by atomic mass is 10.0. The highest BCUT2D eigenvalue weighted by molar-refractivity contribution is 5.89. The van der Waals surface area contributed by atoms with Crippen molar-refractivity contribution in [2.75, 3.05) is 6.54 Å². The molecule has 1 atom stereocenters. The van der Waals surface area contributed by atoms with Crippen molar-refractivity contribution in [2.24, 2.45) is 5.92 Å². The topological polar surface area (TPSA) is 62.3 Å². The van der Waals surface area contributed by atoms with E-state index in [1.165, 1.54) is 0 Å². The maximum absolute atomic E-state index is 12.6. The number of pyridine rings is 1. The molecule has 114 valence electrons. The normalized spacial score (nSPS) is 19.6. The van der Waals surface area contributed by atoms with Gasteiger partial charge in [-0.1, -0.05) is 19.9 Å². The molecular weight excluding hydrogens is 266 g/mol. The summed E-state index contributed by atoms with van der Waals surface area (Å²) < 4.78 is 0. The summed E-state index contributed by atoms with van der Waals surface area (Å²) in [6.07, 6.45) is 2.76. The second-order valence-electron chi connectivity index (χ2n) is 6.03. The smallest absolute Gasteiger partial charge is 0.245 e. The Morgan fingerprint density at radius 3 is 2.86 bits per heavy atom. The minimum atomic E-state index is -0.413. The minimum Gasteiger partial charge on any atom is -0.344 e. The lowest BCUT2D eigenvalue weighted by Gasteiger charge is -2.25. The van der Waals surface area contributed by atoms with Gasteiger partial charge in [0.1, 0.15) is 6.04 Å². The third kappa shape index (κ3) is 4.03. The molecule has 0 radical (unpaired) electrons. The largest absolute Gasteiger partial charge is 0.344 e. The van der Waals surface area contributed by atoms with Crippen LogP contribution in [0.25, 0.3) is 0 Å². The SMILES string of the molecule is Cc1cccnc1CN1CCC(=O)NC(CC(C)C)C1=O. The quantitative estimate of drug-likeness (QED) is 0.917. The summed E-state index contributed by atoms with van der Waals surface area (Å²) in [4.78, 5) is 30.5. The Balaban J connectivity index is 2.15. The number of rotatable bonds is 4. The molecule has 1 aliphatic rings. The molecule has 0 aromatic carbocycles. The Bertz CT molecular complexity index is 528. The Kier molecular flexibility index (Phi) is 4.94. The van der Waals surface area contributed by atoms with Gasteiger partial charge in [-0.25, -0.2) is 0 Å². The summed E-state index contributed by atoms with van der Waals surface area (Å²) in [7, 11) is 0. The summed E-state index contributed by atoms with van der Waals surface area (Å²) >= 11 is 0. The summed E-state index contributed by atoms with van der Waals surface area (Å²) in [6.45, 7) is 7.01. The molecule has 0 saturated carbocycles. The van der Waals surface area contributed by atoms with Crippen LogP contribution in [0.4, 0.5) is 0 Å². The highest BCUT2D eigenvalue weighted by Crippen LogP contribution is 2.15. The van der Waals surface area contributed by atoms with Crippen molar-refractivity contribution in [1.82, 2.24) is 15.2 Å². The zero-order valence-electron chi connectivity index (χ0n) is 12.9. The van der Waals surface area contributed by atoms with Gasteiger partial charge in [0.05, 0.1) is 12.2 Å². The number of aromatic nitrogens is 1. The van der Waals surface area contributed by atoms with Crippen LogP contribution in [0.5, 0.6) is 0 Å². The summed E-state index contributed by atoms with van der Waals surface area (Å²) in [6, 6.07) is 3.46. The van der Waals surface area contributed by atoms with E-state index in [2.05, 4.69) is 24.1 Å². The molecule has 0 aliphatic carbocycles. The second-order valence-corrected chi connectivity index (χ2v) is 6.03. The fraction of sp³-hybridized carbons (Fsp3) is 0.562. The molecule has 2 heterocycles. The average Bonchev–Trinajstić information content (AvgIpc) is 2.54. The second kappa shape index (κ2) is 6.70. The van der Waals surface area contributed by atoms with Gasteiger partial charge in [0.25, 0.3) is 0 Å². The number of aryl methyl sites for hydroxylation is 1. The maximum atomic E-state index is 12.6. The molecule has 1 saturated heterocycles. The molecule has 1 aliphatic heterocycles. The lowest BCUT2D eigenvalue weighted by Crippen LogP contribution is -2.45. The molecule has 0 spiro atoms. The Labute approximate surface area is 125 Å². The number of nitrogens with one attached hydrogen (secondary N) is 1. The summed E-state index contributed by atoms with van der Waals surface area (Å²) in [5, 5.41) is 2.84. The van der Waals surface area contributed by atoms with Crippen LogP contribution in [-0.2, 0) is 16.1 Å². The van der Waals surface area contributed by atoms with E-state index >= 15 is 0 Å². The Morgan fingerprint density at radius 1 is 1.43 bits per heavy atom. The first-order chi connectivity index (χ1) is 9.97. The molecule has 1 aromatic heterocycles. The molecule has 1 N–H and O–H groups in total. The van der Waals surface area contributed by atoms with E-state index in [0.717, 1.165) is 11.3 Å². The number of nitrogens with zero attached hydrogens (tertiary/aromatic N) is 2. The molecular formula is C16H23N3O2. The van der Waals surface area contributed by atoms with Gasteiger partial charge in [-0.2, -0.15) is 0 Å². The number of amides is 2. The van der Waals surface area contributed by atoms with Crippen molar-refractivity contribution in [3.8, 4) is 0 Å². The fourth-order valence-electron chi connectivity index (χ4n) is 2.55. The highest BCUT2D eigenvalue weighted by atomic mass is 16.2. The Morgan fingerprint density at radius 2 is 2.19 bits per heavy atom. The standard InChI is InChI=1S/C16H23N3O2/c1-11(2)9-13-16(21)19(8-6-15(20)18-13)10-14-12(3)5-4-7-17-14/h4-5,7,11,13H,6,8-10H2,1-3H3,(H,18,20). The zero-order chi connectivity index (χ0) is 15.4. The summed E-state index contributed by atoms with van der Waals surface area (Å²) in [5.74, 6) is 0.310. The van der Waals surface area contributed by atoms with Crippen molar-refractivity contribution in [2.45, 2.75) is 46.2 Å². The van der Waals surface area contributed by atoms with E-state index in [1.807, 2.05) is 19.1 Å². The van der Waals surface area contributed by atoms with E-state index in [9.17, 15) is 9.59 Å². The predicted octanol–water partition coefficient (Wildman–Crippen LogP) is 1.65. The van der Waals surface area contributed by atoms with E-state index in [4.69, 9.17) is 0 Å². The van der Waals surface area contributed by atoms with Crippen LogP contribution in [0.2, 0.25) is 0 Å². The van der Waals surface area contributed by atoms with Crippen LogP contribution >= 0.6 is 0 Å². The predicted molar refractivity (Wildman–Crippen MR) is 80.4 cm³/mol. The third-order valence-electron chi connectivity index (χ3n) is 3.72. The van der Waals surface area contributed by atoms with Gasteiger partial charge < -0.3 is 10.2 Å². The van der Waals surface area contributed by atoms with E-state index in [-0.39, 0.29) is 11.8 Å². The van der Waals surface area contributed by atoms with Crippen LogP contribution in [-0.4, -0.2) is 34.3 Å². The van der Waals surface area contributed by atoms with Crippen molar-refractivity contribution >= 4 is 11.8 Å². The van der Waals surface area contributed by atoms with Gasteiger partial charge >= 0.3 is 0 Å². The molecule has 1 unspecified atom stereocenters. The highest BCUT2D eigenvalue weighted by Gasteiger charge is 2.30. The lowest BCUT2D eigenvalue weighted by molar-refractivity contribution is -0.134. The first kappa shape index (κ1) is 15.5. The third-order valence-corrected chi connectivity index (χ3v) is 3.72. The molecule has 5 nitrogen and oxygen atoms in total. The molecule has 0 bridgehead atoms. The number of hydrogen-bond acceptors (Lipinski definition) is 3. The van der Waals surface area contributed by atoms with Gasteiger partial charge in [0, 0.05) is 19.2 Å². The minimum absolute atomic E-state index is 0.000368. The molecule has 1 aromatic rings. The maximum Gasteiger partial charge on any atom is 0.245 e. The average molecular weight is 289 g/mol. The van der Waals surface area contributed by atoms with Gasteiger partial charge in [-0.15, -0.1) is 0 Å². The van der Waals surface area contributed by atoms with Crippen molar-refractivity contribution in [1.29, 1.82) is 0 Å². The Hall–Kier alpha value is -1.91. The molecule has 21 heavy (non-hydrogen) atoms. The van der Waals surface area contributed by atoms with E-state index in [1.54, 1.807) is 11.1 Å². The van der Waals surface area contributed by atoms with Crippen LogP contribution in [0.3, 0.4) is 0 Å². The van der Waals surface area contributed by atoms with Crippen molar-refractivity contribution in [3.05, 3.63) is 29.6 Å². The van der Waals surface area contributed by atoms with Crippen LogP contribution in [0.15, 0.2) is 18.3 Å². The fourth-order valence-corrected chi connectivity index (χ4v) is 2.55. The van der Waals surface area contributed by atoms with Crippen LogP contribution in [0, 0.1) is 12.8 Å². The molecule has 2 amide bonds. The molecule has 5 heteroatoms. The van der Waals surface area contributed by atoms with Crippen molar-refractivity contribution in [3.63, 3.8) is 0 Å². The molecule has 1 fully saturated rings. The van der Waals surface area contributed by atoms with Gasteiger partial charge in [-0.05, 0) is 30.9 Å². The first-order valence-corrected chi connectivity index (χ1v) is 7.46. The van der Waals surface area contributed by atoms with Crippen molar-refractivity contribution < 1.29 is 9.59 Å².